The lowest BCUT2D eigenvalue weighted by molar-refractivity contribution is 0.0509. The summed E-state index contributed by atoms with van der Waals surface area (Å²) in [6.45, 7) is 4.73. The first-order valence-corrected chi connectivity index (χ1v) is 9.75. The van der Waals surface area contributed by atoms with Crippen molar-refractivity contribution in [2.24, 2.45) is 5.41 Å². The van der Waals surface area contributed by atoms with Crippen LogP contribution in [0.5, 0.6) is 0 Å². The molecular formula is C18H24INO2. The summed E-state index contributed by atoms with van der Waals surface area (Å²) in [5.74, 6) is 0.205. The average molecular weight is 413 g/mol. The third kappa shape index (κ3) is 3.18. The van der Waals surface area contributed by atoms with E-state index >= 15 is 0 Å². The molecule has 4 heteroatoms. The molecule has 0 aromatic heterocycles. The predicted molar refractivity (Wildman–Crippen MR) is 96.6 cm³/mol. The molecule has 0 saturated carbocycles. The summed E-state index contributed by atoms with van der Waals surface area (Å²) in [6.07, 6.45) is 4.66. The SMILES string of the molecule is CCc1ccccc1C(=O)N1CCC2(CC1)COC(CI)C2. The molecular weight excluding hydrogens is 389 g/mol. The first-order chi connectivity index (χ1) is 10.7. The monoisotopic (exact) mass is 413 g/mol. The minimum Gasteiger partial charge on any atom is -0.377 e. The number of aryl methyl sites for hydroxylation is 1. The van der Waals surface area contributed by atoms with Crippen molar-refractivity contribution < 1.29 is 9.53 Å². The van der Waals surface area contributed by atoms with Crippen LogP contribution in [0.4, 0.5) is 0 Å². The molecule has 1 spiro atoms. The zero-order valence-corrected chi connectivity index (χ0v) is 15.3. The first kappa shape index (κ1) is 16.2. The zero-order chi connectivity index (χ0) is 15.6. The lowest BCUT2D eigenvalue weighted by atomic mass is 9.76. The molecule has 0 aliphatic carbocycles. The van der Waals surface area contributed by atoms with E-state index in [1.54, 1.807) is 0 Å². The fourth-order valence-corrected chi connectivity index (χ4v) is 4.30. The van der Waals surface area contributed by atoms with E-state index in [4.69, 9.17) is 4.74 Å². The largest absolute Gasteiger partial charge is 0.377 e. The number of benzene rings is 1. The van der Waals surface area contributed by atoms with Gasteiger partial charge in [0, 0.05) is 23.1 Å². The van der Waals surface area contributed by atoms with Gasteiger partial charge in [0.15, 0.2) is 0 Å². The lowest BCUT2D eigenvalue weighted by Gasteiger charge is -2.38. The fraction of sp³-hybridized carbons (Fsp3) is 0.611. The van der Waals surface area contributed by atoms with Gasteiger partial charge in [0.1, 0.15) is 0 Å². The highest BCUT2D eigenvalue weighted by Gasteiger charge is 2.42. The van der Waals surface area contributed by atoms with E-state index in [0.29, 0.717) is 11.5 Å². The Morgan fingerprint density at radius 1 is 1.36 bits per heavy atom. The smallest absolute Gasteiger partial charge is 0.254 e. The normalized spacial score (nSPS) is 23.9. The van der Waals surface area contributed by atoms with Crippen LogP contribution in [0.1, 0.15) is 42.1 Å². The number of carbonyl (C=O) groups excluding carboxylic acids is 1. The highest BCUT2D eigenvalue weighted by atomic mass is 127. The van der Waals surface area contributed by atoms with Gasteiger partial charge in [-0.05, 0) is 42.7 Å². The van der Waals surface area contributed by atoms with Crippen LogP contribution in [0.25, 0.3) is 0 Å². The molecule has 3 rings (SSSR count). The van der Waals surface area contributed by atoms with E-state index in [9.17, 15) is 4.79 Å². The Kier molecular flexibility index (Phi) is 5.07. The molecule has 3 nitrogen and oxygen atoms in total. The van der Waals surface area contributed by atoms with Crippen LogP contribution in [0.3, 0.4) is 0 Å². The van der Waals surface area contributed by atoms with Crippen molar-refractivity contribution in [3.05, 3.63) is 35.4 Å². The Morgan fingerprint density at radius 3 is 2.73 bits per heavy atom. The molecule has 2 aliphatic rings. The first-order valence-electron chi connectivity index (χ1n) is 8.22. The molecule has 1 atom stereocenters. The quantitative estimate of drug-likeness (QED) is 0.559. The zero-order valence-electron chi connectivity index (χ0n) is 13.2. The maximum Gasteiger partial charge on any atom is 0.254 e. The van der Waals surface area contributed by atoms with Crippen LogP contribution in [0, 0.1) is 5.41 Å². The minimum atomic E-state index is 0.205. The topological polar surface area (TPSA) is 29.5 Å². The van der Waals surface area contributed by atoms with Crippen molar-refractivity contribution in [2.75, 3.05) is 24.1 Å². The molecule has 22 heavy (non-hydrogen) atoms. The van der Waals surface area contributed by atoms with Gasteiger partial charge in [-0.2, -0.15) is 0 Å². The number of alkyl halides is 1. The highest BCUT2D eigenvalue weighted by molar-refractivity contribution is 14.1. The van der Waals surface area contributed by atoms with Gasteiger partial charge in [-0.25, -0.2) is 0 Å². The third-order valence-corrected chi connectivity index (χ3v) is 6.18. The molecule has 120 valence electrons. The van der Waals surface area contributed by atoms with E-state index < -0.39 is 0 Å². The van der Waals surface area contributed by atoms with Gasteiger partial charge in [0.05, 0.1) is 12.7 Å². The van der Waals surface area contributed by atoms with Gasteiger partial charge in [-0.15, -0.1) is 0 Å². The molecule has 1 aromatic rings. The summed E-state index contributed by atoms with van der Waals surface area (Å²) < 4.78 is 6.98. The molecule has 1 amide bonds. The summed E-state index contributed by atoms with van der Waals surface area (Å²) in [7, 11) is 0. The average Bonchev–Trinajstić information content (AvgIpc) is 2.98. The van der Waals surface area contributed by atoms with Crippen LogP contribution in [0.15, 0.2) is 24.3 Å². The van der Waals surface area contributed by atoms with Crippen molar-refractivity contribution in [3.8, 4) is 0 Å². The molecule has 2 saturated heterocycles. The summed E-state index contributed by atoms with van der Waals surface area (Å²) in [5, 5.41) is 0. The van der Waals surface area contributed by atoms with Gasteiger partial charge in [0.2, 0.25) is 0 Å². The number of carbonyl (C=O) groups is 1. The molecule has 0 N–H and O–H groups in total. The number of piperidine rings is 1. The Balaban J connectivity index is 1.65. The second-order valence-electron chi connectivity index (χ2n) is 6.59. The van der Waals surface area contributed by atoms with Crippen LogP contribution in [-0.2, 0) is 11.2 Å². The van der Waals surface area contributed by atoms with E-state index in [1.807, 2.05) is 23.1 Å². The number of nitrogens with zero attached hydrogens (tertiary/aromatic N) is 1. The van der Waals surface area contributed by atoms with Crippen molar-refractivity contribution >= 4 is 28.5 Å². The second kappa shape index (κ2) is 6.87. The molecule has 0 radical (unpaired) electrons. The van der Waals surface area contributed by atoms with Crippen molar-refractivity contribution in [1.82, 2.24) is 4.90 Å². The number of hydrogen-bond donors (Lipinski definition) is 0. The highest BCUT2D eigenvalue weighted by Crippen LogP contribution is 2.42. The maximum absolute atomic E-state index is 12.8. The third-order valence-electron chi connectivity index (χ3n) is 5.20. The van der Waals surface area contributed by atoms with Crippen molar-refractivity contribution in [2.45, 2.75) is 38.7 Å². The van der Waals surface area contributed by atoms with Gasteiger partial charge in [-0.3, -0.25) is 4.79 Å². The van der Waals surface area contributed by atoms with Gasteiger partial charge >= 0.3 is 0 Å². The number of ether oxygens (including phenoxy) is 1. The standard InChI is InChI=1S/C18H24INO2/c1-2-14-5-3-4-6-16(14)17(21)20-9-7-18(8-10-20)11-15(12-19)22-13-18/h3-6,15H,2,7-13H2,1H3. The molecule has 1 aromatic carbocycles. The fourth-order valence-electron chi connectivity index (χ4n) is 3.73. The van der Waals surface area contributed by atoms with E-state index in [-0.39, 0.29) is 5.91 Å². The minimum absolute atomic E-state index is 0.205. The predicted octanol–water partition coefficient (Wildman–Crippen LogP) is 3.70. The summed E-state index contributed by atoms with van der Waals surface area (Å²) >= 11 is 2.41. The Labute approximate surface area is 146 Å². The van der Waals surface area contributed by atoms with E-state index in [0.717, 1.165) is 54.5 Å². The van der Waals surface area contributed by atoms with Crippen LogP contribution in [-0.4, -0.2) is 41.0 Å². The number of amides is 1. The molecule has 1 unspecified atom stereocenters. The van der Waals surface area contributed by atoms with E-state index in [1.165, 1.54) is 6.42 Å². The van der Waals surface area contributed by atoms with Crippen molar-refractivity contribution in [1.29, 1.82) is 0 Å². The maximum atomic E-state index is 12.8. The molecule has 0 bridgehead atoms. The number of rotatable bonds is 3. The molecule has 2 heterocycles. The number of hydrogen-bond acceptors (Lipinski definition) is 2. The van der Waals surface area contributed by atoms with E-state index in [2.05, 4.69) is 35.6 Å². The summed E-state index contributed by atoms with van der Waals surface area (Å²) in [6, 6.07) is 8.01. The van der Waals surface area contributed by atoms with Gasteiger partial charge < -0.3 is 9.64 Å². The van der Waals surface area contributed by atoms with Gasteiger partial charge in [-0.1, -0.05) is 47.7 Å². The number of likely N-dealkylation sites (tertiary alicyclic amines) is 1. The lowest BCUT2D eigenvalue weighted by Crippen LogP contribution is -2.43. The van der Waals surface area contributed by atoms with Crippen LogP contribution < -0.4 is 0 Å². The second-order valence-corrected chi connectivity index (χ2v) is 7.48. The van der Waals surface area contributed by atoms with Crippen LogP contribution in [0.2, 0.25) is 0 Å². The number of halogens is 1. The Hall–Kier alpha value is -0.620. The molecule has 2 aliphatic heterocycles. The Bertz CT molecular complexity index is 538. The van der Waals surface area contributed by atoms with Crippen molar-refractivity contribution in [3.63, 3.8) is 0 Å². The Morgan fingerprint density at radius 2 is 2.09 bits per heavy atom. The van der Waals surface area contributed by atoms with Crippen LogP contribution >= 0.6 is 22.6 Å². The van der Waals surface area contributed by atoms with Gasteiger partial charge in [0.25, 0.3) is 5.91 Å². The summed E-state index contributed by atoms with van der Waals surface area (Å²) in [5.41, 5.74) is 2.37. The summed E-state index contributed by atoms with van der Waals surface area (Å²) in [4.78, 5) is 14.8. The molecule has 2 fully saturated rings.